The van der Waals surface area contributed by atoms with Crippen LogP contribution in [-0.2, 0) is 20.7 Å². The third-order valence-electron chi connectivity index (χ3n) is 2.95. The maximum absolute atomic E-state index is 11.9. The van der Waals surface area contributed by atoms with Crippen LogP contribution in [0.1, 0.15) is 18.9 Å². The maximum atomic E-state index is 11.9. The lowest BCUT2D eigenvalue weighted by molar-refractivity contribution is -0.149. The van der Waals surface area contributed by atoms with Gasteiger partial charge in [-0.3, -0.25) is 4.79 Å². The van der Waals surface area contributed by atoms with Gasteiger partial charge in [0.05, 0.1) is 16.7 Å². The summed E-state index contributed by atoms with van der Waals surface area (Å²) in [5, 5.41) is 12.5. The van der Waals surface area contributed by atoms with E-state index in [4.69, 9.17) is 33.0 Å². The van der Waals surface area contributed by atoms with E-state index in [2.05, 4.69) is 5.32 Å². The number of hydrogen-bond acceptors (Lipinski definition) is 3. The first-order valence-electron chi connectivity index (χ1n) is 6.26. The van der Waals surface area contributed by atoms with Gasteiger partial charge in [0.15, 0.2) is 5.54 Å². The van der Waals surface area contributed by atoms with Crippen molar-refractivity contribution in [2.45, 2.75) is 25.3 Å². The molecule has 5 nitrogen and oxygen atoms in total. The molecule has 0 radical (unpaired) electrons. The van der Waals surface area contributed by atoms with Crippen LogP contribution < -0.4 is 5.32 Å². The van der Waals surface area contributed by atoms with E-state index in [-0.39, 0.29) is 18.9 Å². The Morgan fingerprint density at radius 2 is 2.00 bits per heavy atom. The average molecular weight is 334 g/mol. The molecule has 1 atom stereocenters. The van der Waals surface area contributed by atoms with E-state index in [1.54, 1.807) is 18.2 Å². The number of amides is 1. The number of methoxy groups -OCH3 is 1. The summed E-state index contributed by atoms with van der Waals surface area (Å²) >= 11 is 11.7. The lowest BCUT2D eigenvalue weighted by Gasteiger charge is -2.25. The molecule has 1 unspecified atom stereocenters. The van der Waals surface area contributed by atoms with Crippen molar-refractivity contribution in [1.29, 1.82) is 0 Å². The quantitative estimate of drug-likeness (QED) is 0.803. The van der Waals surface area contributed by atoms with E-state index in [1.165, 1.54) is 14.0 Å². The Morgan fingerprint density at radius 3 is 2.52 bits per heavy atom. The number of carbonyl (C=O) groups is 2. The normalized spacial score (nSPS) is 13.5. The molecule has 0 aliphatic rings. The van der Waals surface area contributed by atoms with Crippen LogP contribution in [0.4, 0.5) is 0 Å². The number of rotatable bonds is 7. The molecular formula is C14H17Cl2NO4. The van der Waals surface area contributed by atoms with Gasteiger partial charge in [-0.2, -0.15) is 0 Å². The second kappa shape index (κ2) is 7.64. The topological polar surface area (TPSA) is 75.6 Å². The average Bonchev–Trinajstić information content (AvgIpc) is 2.40. The summed E-state index contributed by atoms with van der Waals surface area (Å²) in [5.41, 5.74) is -0.591. The summed E-state index contributed by atoms with van der Waals surface area (Å²) < 4.78 is 4.83. The van der Waals surface area contributed by atoms with Crippen LogP contribution >= 0.6 is 23.2 Å². The van der Waals surface area contributed by atoms with Gasteiger partial charge >= 0.3 is 5.97 Å². The molecule has 0 aromatic heterocycles. The number of carbonyl (C=O) groups excluding carboxylic acids is 1. The van der Waals surface area contributed by atoms with E-state index in [0.29, 0.717) is 16.5 Å². The van der Waals surface area contributed by atoms with E-state index in [1.807, 2.05) is 0 Å². The summed E-state index contributed by atoms with van der Waals surface area (Å²) in [5.74, 6) is -1.52. The van der Waals surface area contributed by atoms with Crippen molar-refractivity contribution in [1.82, 2.24) is 5.32 Å². The summed E-state index contributed by atoms with van der Waals surface area (Å²) in [7, 11) is 1.38. The highest BCUT2D eigenvalue weighted by molar-refractivity contribution is 6.42. The summed E-state index contributed by atoms with van der Waals surface area (Å²) in [6.07, 6.45) is 0.579. The Bertz CT molecular complexity index is 536. The van der Waals surface area contributed by atoms with Crippen LogP contribution in [-0.4, -0.2) is 36.2 Å². The van der Waals surface area contributed by atoms with Gasteiger partial charge in [0, 0.05) is 13.5 Å². The molecule has 0 bridgehead atoms. The van der Waals surface area contributed by atoms with Crippen LogP contribution in [0.5, 0.6) is 0 Å². The molecule has 21 heavy (non-hydrogen) atoms. The van der Waals surface area contributed by atoms with Crippen molar-refractivity contribution < 1.29 is 19.4 Å². The first kappa shape index (κ1) is 17.8. The third-order valence-corrected chi connectivity index (χ3v) is 3.68. The molecule has 0 heterocycles. The van der Waals surface area contributed by atoms with Crippen molar-refractivity contribution in [2.24, 2.45) is 0 Å². The molecule has 1 aromatic carbocycles. The van der Waals surface area contributed by atoms with Crippen LogP contribution in [0, 0.1) is 0 Å². The largest absolute Gasteiger partial charge is 0.479 e. The van der Waals surface area contributed by atoms with Crippen molar-refractivity contribution in [3.05, 3.63) is 33.8 Å². The predicted molar refractivity (Wildman–Crippen MR) is 80.8 cm³/mol. The minimum atomic E-state index is -1.44. The Morgan fingerprint density at radius 1 is 1.33 bits per heavy atom. The monoisotopic (exact) mass is 333 g/mol. The predicted octanol–water partition coefficient (Wildman–Crippen LogP) is 2.53. The standard InChI is InChI=1S/C14H17Cl2NO4/c1-14(8-21-2,13(19)20)17-12(18)6-4-9-3-5-10(15)11(16)7-9/h3,5,7H,4,6,8H2,1-2H3,(H,17,18)(H,19,20). The fraction of sp³-hybridized carbons (Fsp3) is 0.429. The minimum Gasteiger partial charge on any atom is -0.479 e. The molecule has 1 amide bonds. The Labute approximate surface area is 133 Å². The molecule has 116 valence electrons. The van der Waals surface area contributed by atoms with Crippen LogP contribution in [0.15, 0.2) is 18.2 Å². The maximum Gasteiger partial charge on any atom is 0.331 e. The van der Waals surface area contributed by atoms with Crippen molar-refractivity contribution in [3.8, 4) is 0 Å². The number of carboxylic acid groups (broad SMARTS) is 1. The number of hydrogen-bond donors (Lipinski definition) is 2. The first-order valence-corrected chi connectivity index (χ1v) is 7.01. The Kier molecular flexibility index (Phi) is 6.45. The minimum absolute atomic E-state index is 0.110. The lowest BCUT2D eigenvalue weighted by Crippen LogP contribution is -2.55. The summed E-state index contributed by atoms with van der Waals surface area (Å²) in [6, 6.07) is 5.11. The van der Waals surface area contributed by atoms with Crippen LogP contribution in [0.3, 0.4) is 0 Å². The molecule has 0 fully saturated rings. The van der Waals surface area contributed by atoms with E-state index < -0.39 is 11.5 Å². The SMILES string of the molecule is COCC(C)(NC(=O)CCc1ccc(Cl)c(Cl)c1)C(=O)O. The second-order valence-corrected chi connectivity index (χ2v) is 5.68. The fourth-order valence-corrected chi connectivity index (χ4v) is 2.08. The van der Waals surface area contributed by atoms with Crippen LogP contribution in [0.25, 0.3) is 0 Å². The highest BCUT2D eigenvalue weighted by Gasteiger charge is 2.34. The number of nitrogens with one attached hydrogen (secondary N) is 1. The zero-order valence-electron chi connectivity index (χ0n) is 11.8. The van der Waals surface area contributed by atoms with Gasteiger partial charge in [0.1, 0.15) is 0 Å². The highest BCUT2D eigenvalue weighted by Crippen LogP contribution is 2.23. The van der Waals surface area contributed by atoms with Gasteiger partial charge in [0.2, 0.25) is 5.91 Å². The molecule has 1 aromatic rings. The molecule has 2 N–H and O–H groups in total. The highest BCUT2D eigenvalue weighted by atomic mass is 35.5. The van der Waals surface area contributed by atoms with Gasteiger partial charge in [-0.05, 0) is 31.0 Å². The zero-order valence-corrected chi connectivity index (χ0v) is 13.3. The number of carboxylic acids is 1. The first-order chi connectivity index (χ1) is 9.78. The molecule has 1 rings (SSSR count). The Hall–Kier alpha value is -1.30. The molecular weight excluding hydrogens is 317 g/mol. The van der Waals surface area contributed by atoms with Gasteiger partial charge in [0.25, 0.3) is 0 Å². The molecule has 7 heteroatoms. The zero-order chi connectivity index (χ0) is 16.0. The van der Waals surface area contributed by atoms with Crippen molar-refractivity contribution >= 4 is 35.1 Å². The number of aryl methyl sites for hydroxylation is 1. The fourth-order valence-electron chi connectivity index (χ4n) is 1.76. The summed E-state index contributed by atoms with van der Waals surface area (Å²) in [4.78, 5) is 23.1. The second-order valence-electron chi connectivity index (χ2n) is 4.87. The van der Waals surface area contributed by atoms with Crippen LogP contribution in [0.2, 0.25) is 10.0 Å². The van der Waals surface area contributed by atoms with Crippen molar-refractivity contribution in [2.75, 3.05) is 13.7 Å². The number of ether oxygens (including phenoxy) is 1. The number of aliphatic carboxylic acids is 1. The van der Waals surface area contributed by atoms with Gasteiger partial charge in [-0.15, -0.1) is 0 Å². The van der Waals surface area contributed by atoms with E-state index >= 15 is 0 Å². The van der Waals surface area contributed by atoms with Gasteiger partial charge < -0.3 is 15.2 Å². The van der Waals surface area contributed by atoms with Gasteiger partial charge in [-0.25, -0.2) is 4.79 Å². The molecule has 0 aliphatic heterocycles. The Balaban J connectivity index is 2.60. The van der Waals surface area contributed by atoms with Crippen molar-refractivity contribution in [3.63, 3.8) is 0 Å². The summed E-state index contributed by atoms with van der Waals surface area (Å²) in [6.45, 7) is 1.29. The van der Waals surface area contributed by atoms with E-state index in [9.17, 15) is 9.59 Å². The van der Waals surface area contributed by atoms with Gasteiger partial charge in [-0.1, -0.05) is 29.3 Å². The third kappa shape index (κ3) is 5.19. The lowest BCUT2D eigenvalue weighted by atomic mass is 10.0. The molecule has 0 saturated heterocycles. The smallest absolute Gasteiger partial charge is 0.331 e. The molecule has 0 aliphatic carbocycles. The number of benzene rings is 1. The molecule has 0 spiro atoms. The van der Waals surface area contributed by atoms with E-state index in [0.717, 1.165) is 5.56 Å². The number of halogens is 2. The molecule has 0 saturated carbocycles.